The Labute approximate surface area is 162 Å². The van der Waals surface area contributed by atoms with Crippen LogP contribution in [0.3, 0.4) is 0 Å². The zero-order chi connectivity index (χ0) is 20.0. The molecule has 2 aromatic rings. The summed E-state index contributed by atoms with van der Waals surface area (Å²) in [4.78, 5) is 0. The van der Waals surface area contributed by atoms with Crippen LogP contribution in [0.25, 0.3) is 5.57 Å². The average molecular weight is 391 g/mol. The highest BCUT2D eigenvalue weighted by Crippen LogP contribution is 2.47. The number of hydrogen-bond acceptors (Lipinski definition) is 3. The fourth-order valence-electron chi connectivity index (χ4n) is 3.18. The maximum absolute atomic E-state index is 14.0. The van der Waals surface area contributed by atoms with Crippen LogP contribution in [-0.2, 0) is 17.9 Å². The summed E-state index contributed by atoms with van der Waals surface area (Å²) in [7, 11) is 0. The van der Waals surface area contributed by atoms with Crippen molar-refractivity contribution in [3.05, 3.63) is 66.3 Å². The third-order valence-corrected chi connectivity index (χ3v) is 4.96. The number of ether oxygens (including phenoxy) is 1. The fourth-order valence-corrected chi connectivity index (χ4v) is 3.18. The van der Waals surface area contributed by atoms with Crippen LogP contribution in [0.1, 0.15) is 37.6 Å². The topological polar surface area (TPSA) is 39.9 Å². The van der Waals surface area contributed by atoms with Crippen molar-refractivity contribution >= 4 is 5.57 Å². The predicted molar refractivity (Wildman–Crippen MR) is 101 cm³/mol. The largest absolute Gasteiger partial charge is 0.399 e. The maximum Gasteiger partial charge on any atom is 0.399 e. The second-order valence-electron chi connectivity index (χ2n) is 7.00. The van der Waals surface area contributed by atoms with Crippen molar-refractivity contribution < 1.29 is 17.9 Å². The van der Waals surface area contributed by atoms with E-state index >= 15 is 0 Å². The van der Waals surface area contributed by atoms with Gasteiger partial charge < -0.3 is 9.30 Å². The first-order valence-corrected chi connectivity index (χ1v) is 9.41. The molecule has 1 atom stereocenters. The van der Waals surface area contributed by atoms with Gasteiger partial charge in [0.25, 0.3) is 0 Å². The van der Waals surface area contributed by atoms with Crippen LogP contribution in [0.5, 0.6) is 0 Å². The highest BCUT2D eigenvalue weighted by Gasteiger charge is 2.53. The molecule has 7 heteroatoms. The molecular formula is C21H24F3N3O. The third kappa shape index (κ3) is 4.52. The summed E-state index contributed by atoms with van der Waals surface area (Å²) in [5.74, 6) is 0.408. The van der Waals surface area contributed by atoms with Crippen molar-refractivity contribution in [3.8, 4) is 0 Å². The van der Waals surface area contributed by atoms with Gasteiger partial charge in [-0.1, -0.05) is 61.9 Å². The van der Waals surface area contributed by atoms with Crippen molar-refractivity contribution in [1.29, 1.82) is 0 Å². The van der Waals surface area contributed by atoms with Crippen molar-refractivity contribution in [2.24, 2.45) is 5.41 Å². The molecule has 0 saturated carbocycles. The molecule has 1 unspecified atom stereocenters. The number of hydrogen-bond donors (Lipinski definition) is 0. The minimum atomic E-state index is -4.40. The van der Waals surface area contributed by atoms with Gasteiger partial charge >= 0.3 is 6.18 Å². The Hall–Kier alpha value is -2.41. The van der Waals surface area contributed by atoms with Crippen molar-refractivity contribution in [2.45, 2.75) is 45.5 Å². The number of nitrogens with zero attached hydrogens (tertiary/aromatic N) is 3. The lowest BCUT2D eigenvalue weighted by Gasteiger charge is -2.35. The SMILES string of the molecule is CCCCOCc1nncn1CC1(C(F)(F)F)C=CC(c2ccccc2)=CC1. The van der Waals surface area contributed by atoms with Gasteiger partial charge in [-0.2, -0.15) is 13.2 Å². The monoisotopic (exact) mass is 391 g/mol. The predicted octanol–water partition coefficient (Wildman–Crippen LogP) is 5.19. The second-order valence-corrected chi connectivity index (χ2v) is 7.00. The van der Waals surface area contributed by atoms with Crippen LogP contribution in [-0.4, -0.2) is 27.5 Å². The maximum atomic E-state index is 14.0. The molecule has 0 N–H and O–H groups in total. The van der Waals surface area contributed by atoms with Gasteiger partial charge in [-0.3, -0.25) is 0 Å². The number of rotatable bonds is 8. The van der Waals surface area contributed by atoms with E-state index in [0.29, 0.717) is 12.4 Å². The lowest BCUT2D eigenvalue weighted by molar-refractivity contribution is -0.210. The van der Waals surface area contributed by atoms with Gasteiger partial charge in [-0.15, -0.1) is 10.2 Å². The van der Waals surface area contributed by atoms with Gasteiger partial charge in [-0.25, -0.2) is 0 Å². The summed E-state index contributed by atoms with van der Waals surface area (Å²) in [5, 5.41) is 7.72. The smallest absolute Gasteiger partial charge is 0.373 e. The van der Waals surface area contributed by atoms with E-state index in [0.717, 1.165) is 24.0 Å². The van der Waals surface area contributed by atoms with Crippen molar-refractivity contribution in [2.75, 3.05) is 6.61 Å². The lowest BCUT2D eigenvalue weighted by atomic mass is 9.78. The number of halogens is 3. The Morgan fingerprint density at radius 2 is 2.00 bits per heavy atom. The van der Waals surface area contributed by atoms with Gasteiger partial charge in [0.05, 0.1) is 0 Å². The van der Waals surface area contributed by atoms with Gasteiger partial charge in [0.2, 0.25) is 0 Å². The van der Waals surface area contributed by atoms with E-state index in [-0.39, 0.29) is 19.6 Å². The van der Waals surface area contributed by atoms with E-state index < -0.39 is 11.6 Å². The van der Waals surface area contributed by atoms with Crippen LogP contribution in [0.2, 0.25) is 0 Å². The van der Waals surface area contributed by atoms with Gasteiger partial charge in [0.15, 0.2) is 5.82 Å². The van der Waals surface area contributed by atoms with Crippen LogP contribution >= 0.6 is 0 Å². The summed E-state index contributed by atoms with van der Waals surface area (Å²) in [6.45, 7) is 2.48. The first-order valence-electron chi connectivity index (χ1n) is 9.41. The second kappa shape index (κ2) is 8.73. The minimum Gasteiger partial charge on any atom is -0.373 e. The molecule has 1 aromatic carbocycles. The summed E-state index contributed by atoms with van der Waals surface area (Å²) < 4.78 is 49.1. The molecule has 150 valence electrons. The normalized spacial score (nSPS) is 19.6. The molecule has 3 rings (SSSR count). The van der Waals surface area contributed by atoms with E-state index in [1.54, 1.807) is 12.2 Å². The van der Waals surface area contributed by atoms with E-state index in [1.165, 1.54) is 17.0 Å². The number of benzene rings is 1. The van der Waals surface area contributed by atoms with Crippen LogP contribution in [0.15, 0.2) is 54.9 Å². The van der Waals surface area contributed by atoms with Crippen LogP contribution in [0.4, 0.5) is 13.2 Å². The van der Waals surface area contributed by atoms with Gasteiger partial charge in [0, 0.05) is 13.2 Å². The quantitative estimate of drug-likeness (QED) is 0.582. The molecule has 0 radical (unpaired) electrons. The molecule has 4 nitrogen and oxygen atoms in total. The molecule has 0 saturated heterocycles. The Balaban J connectivity index is 1.78. The van der Waals surface area contributed by atoms with E-state index in [1.807, 2.05) is 37.3 Å². The Morgan fingerprint density at radius 3 is 2.64 bits per heavy atom. The summed E-state index contributed by atoms with van der Waals surface area (Å²) >= 11 is 0. The van der Waals surface area contributed by atoms with Gasteiger partial charge in [0.1, 0.15) is 18.3 Å². The number of allylic oxidation sites excluding steroid dienone is 4. The molecule has 0 fully saturated rings. The average Bonchev–Trinajstić information content (AvgIpc) is 3.12. The Bertz CT molecular complexity index is 827. The molecule has 1 aliphatic carbocycles. The van der Waals surface area contributed by atoms with Crippen molar-refractivity contribution in [3.63, 3.8) is 0 Å². The first kappa shape index (κ1) is 20.3. The number of aromatic nitrogens is 3. The number of alkyl halides is 3. The molecular weight excluding hydrogens is 367 g/mol. The Kier molecular flexibility index (Phi) is 6.34. The summed E-state index contributed by atoms with van der Waals surface area (Å²) in [6, 6.07) is 9.41. The van der Waals surface area contributed by atoms with Crippen molar-refractivity contribution in [1.82, 2.24) is 14.8 Å². The fraction of sp³-hybridized carbons (Fsp3) is 0.429. The zero-order valence-corrected chi connectivity index (χ0v) is 15.8. The molecule has 1 heterocycles. The summed E-state index contributed by atoms with van der Waals surface area (Å²) in [5.41, 5.74) is -0.289. The van der Waals surface area contributed by atoms with Crippen LogP contribution < -0.4 is 0 Å². The standard InChI is InChI=1S/C21H24F3N3O/c1-2-3-13-28-14-19-26-25-16-27(19)15-20(21(22,23)24)11-9-18(10-12-20)17-7-5-4-6-8-17/h4-11,16H,2-3,12-15H2,1H3. The molecule has 0 aliphatic heterocycles. The molecule has 1 aliphatic rings. The molecule has 0 bridgehead atoms. The molecule has 1 aromatic heterocycles. The first-order chi connectivity index (χ1) is 13.5. The number of unbranched alkanes of at least 4 members (excludes halogenated alkanes) is 1. The highest BCUT2D eigenvalue weighted by molar-refractivity contribution is 5.75. The van der Waals surface area contributed by atoms with Crippen LogP contribution in [0, 0.1) is 5.41 Å². The molecule has 0 spiro atoms. The zero-order valence-electron chi connectivity index (χ0n) is 15.8. The Morgan fingerprint density at radius 1 is 1.21 bits per heavy atom. The van der Waals surface area contributed by atoms with E-state index in [9.17, 15) is 13.2 Å². The lowest BCUT2D eigenvalue weighted by Crippen LogP contribution is -2.41. The minimum absolute atomic E-state index is 0.133. The summed E-state index contributed by atoms with van der Waals surface area (Å²) in [6.07, 6.45) is 3.20. The van der Waals surface area contributed by atoms with E-state index in [4.69, 9.17) is 4.74 Å². The van der Waals surface area contributed by atoms with Gasteiger partial charge in [-0.05, 0) is 24.0 Å². The van der Waals surface area contributed by atoms with E-state index in [2.05, 4.69) is 10.2 Å². The highest BCUT2D eigenvalue weighted by atomic mass is 19.4. The molecule has 0 amide bonds. The molecule has 28 heavy (non-hydrogen) atoms. The third-order valence-electron chi connectivity index (χ3n) is 4.96.